The van der Waals surface area contributed by atoms with Gasteiger partial charge in [0.15, 0.2) is 0 Å². The van der Waals surface area contributed by atoms with E-state index in [1.54, 1.807) is 4.68 Å². The van der Waals surface area contributed by atoms with Gasteiger partial charge in [0.05, 0.1) is 5.69 Å². The maximum Gasteiger partial charge on any atom is 0.270 e. The van der Waals surface area contributed by atoms with E-state index >= 15 is 0 Å². The van der Waals surface area contributed by atoms with Crippen molar-refractivity contribution in [3.8, 4) is 11.3 Å². The number of benzene rings is 1. The van der Waals surface area contributed by atoms with Crippen molar-refractivity contribution in [2.45, 2.75) is 32.6 Å². The van der Waals surface area contributed by atoms with Gasteiger partial charge in [-0.05, 0) is 19.4 Å². The lowest BCUT2D eigenvalue weighted by atomic mass is 10.1. The van der Waals surface area contributed by atoms with Crippen molar-refractivity contribution in [2.24, 2.45) is 0 Å². The lowest BCUT2D eigenvalue weighted by Gasteiger charge is -2.09. The number of nitrogens with zero attached hydrogens (tertiary/aromatic N) is 2. The molecule has 0 N–H and O–H groups in total. The summed E-state index contributed by atoms with van der Waals surface area (Å²) in [5, 5.41) is 4.44. The van der Waals surface area contributed by atoms with E-state index in [1.165, 1.54) is 5.56 Å². The average Bonchev–Trinajstić information content (AvgIpc) is 2.42. The zero-order chi connectivity index (χ0) is 13.8. The lowest BCUT2D eigenvalue weighted by Crippen LogP contribution is -2.26. The van der Waals surface area contributed by atoms with Gasteiger partial charge in [0.2, 0.25) is 0 Å². The molecule has 2 rings (SSSR count). The Kier molecular flexibility index (Phi) is 4.43. The van der Waals surface area contributed by atoms with E-state index in [9.17, 15) is 4.79 Å². The van der Waals surface area contributed by atoms with Gasteiger partial charge in [-0.1, -0.05) is 36.8 Å². The molecule has 0 amide bonds. The van der Waals surface area contributed by atoms with E-state index in [0.29, 0.717) is 17.9 Å². The zero-order valence-electron chi connectivity index (χ0n) is 11.3. The van der Waals surface area contributed by atoms with Gasteiger partial charge in [0.25, 0.3) is 5.56 Å². The van der Waals surface area contributed by atoms with Crippen molar-refractivity contribution >= 4 is 12.6 Å². The quantitative estimate of drug-likeness (QED) is 0.870. The number of hydrogen-bond acceptors (Lipinski definition) is 3. The number of thiol groups is 1. The summed E-state index contributed by atoms with van der Waals surface area (Å²) in [5.41, 5.74) is 3.73. The van der Waals surface area contributed by atoms with Crippen LogP contribution in [0.2, 0.25) is 0 Å². The van der Waals surface area contributed by atoms with Crippen molar-refractivity contribution in [3.05, 3.63) is 51.8 Å². The zero-order valence-corrected chi connectivity index (χ0v) is 12.2. The van der Waals surface area contributed by atoms with Crippen LogP contribution in [0.15, 0.2) is 35.1 Å². The monoisotopic (exact) mass is 274 g/mol. The minimum atomic E-state index is -0.0345. The molecule has 0 bridgehead atoms. The molecule has 0 aliphatic heterocycles. The number of aryl methyl sites for hydroxylation is 2. The molecule has 100 valence electrons. The second-order valence-electron chi connectivity index (χ2n) is 4.61. The molecule has 0 spiro atoms. The third-order valence-corrected chi connectivity index (χ3v) is 3.34. The molecule has 1 aromatic carbocycles. The molecule has 0 aliphatic rings. The second kappa shape index (κ2) is 6.06. The Labute approximate surface area is 118 Å². The molecule has 0 saturated heterocycles. The Morgan fingerprint density at radius 2 is 1.95 bits per heavy atom. The first-order valence-corrected chi connectivity index (χ1v) is 7.08. The standard InChI is InChI=1S/C15H18N2OS/c1-3-8-17-15(18)13(10-19)9-14(16-17)12-6-4-11(2)5-7-12/h4-7,9,19H,3,8,10H2,1-2H3. The first-order valence-electron chi connectivity index (χ1n) is 6.44. The second-order valence-corrected chi connectivity index (χ2v) is 4.92. The third kappa shape index (κ3) is 3.07. The summed E-state index contributed by atoms with van der Waals surface area (Å²) in [6.07, 6.45) is 0.885. The van der Waals surface area contributed by atoms with E-state index in [2.05, 4.69) is 17.7 Å². The predicted octanol–water partition coefficient (Wildman–Crippen LogP) is 3.06. The Hall–Kier alpha value is -1.55. The van der Waals surface area contributed by atoms with Crippen LogP contribution < -0.4 is 5.56 Å². The highest BCUT2D eigenvalue weighted by atomic mass is 32.1. The summed E-state index contributed by atoms with van der Waals surface area (Å²) in [7, 11) is 0. The van der Waals surface area contributed by atoms with Gasteiger partial charge < -0.3 is 0 Å². The molecule has 0 aliphatic carbocycles. The summed E-state index contributed by atoms with van der Waals surface area (Å²) in [6, 6.07) is 9.99. The minimum absolute atomic E-state index is 0.0345. The van der Waals surface area contributed by atoms with E-state index in [0.717, 1.165) is 17.7 Å². The van der Waals surface area contributed by atoms with Gasteiger partial charge in [0.1, 0.15) is 0 Å². The third-order valence-electron chi connectivity index (χ3n) is 3.00. The van der Waals surface area contributed by atoms with Crippen LogP contribution in [0.5, 0.6) is 0 Å². The van der Waals surface area contributed by atoms with Crippen LogP contribution >= 0.6 is 12.6 Å². The summed E-state index contributed by atoms with van der Waals surface area (Å²) in [5.74, 6) is 0.434. The molecule has 0 radical (unpaired) electrons. The fraction of sp³-hybridized carbons (Fsp3) is 0.333. The van der Waals surface area contributed by atoms with Gasteiger partial charge in [-0.15, -0.1) is 0 Å². The van der Waals surface area contributed by atoms with Crippen LogP contribution in [0, 0.1) is 6.92 Å². The smallest absolute Gasteiger partial charge is 0.267 e. The largest absolute Gasteiger partial charge is 0.270 e. The molecule has 1 heterocycles. The van der Waals surface area contributed by atoms with Crippen molar-refractivity contribution in [2.75, 3.05) is 0 Å². The molecular formula is C15H18N2OS. The predicted molar refractivity (Wildman–Crippen MR) is 81.7 cm³/mol. The SMILES string of the molecule is CCCn1nc(-c2ccc(C)cc2)cc(CS)c1=O. The molecule has 0 atom stereocenters. The highest BCUT2D eigenvalue weighted by Gasteiger charge is 2.08. The van der Waals surface area contributed by atoms with E-state index < -0.39 is 0 Å². The summed E-state index contributed by atoms with van der Waals surface area (Å²) >= 11 is 4.23. The van der Waals surface area contributed by atoms with E-state index in [4.69, 9.17) is 0 Å². The normalized spacial score (nSPS) is 10.7. The summed E-state index contributed by atoms with van der Waals surface area (Å²) in [6.45, 7) is 4.72. The maximum atomic E-state index is 12.1. The highest BCUT2D eigenvalue weighted by Crippen LogP contribution is 2.17. The van der Waals surface area contributed by atoms with Crippen LogP contribution in [-0.4, -0.2) is 9.78 Å². The topological polar surface area (TPSA) is 34.9 Å². The van der Waals surface area contributed by atoms with Crippen LogP contribution in [-0.2, 0) is 12.3 Å². The summed E-state index contributed by atoms with van der Waals surface area (Å²) in [4.78, 5) is 12.1. The van der Waals surface area contributed by atoms with Crippen molar-refractivity contribution in [3.63, 3.8) is 0 Å². The highest BCUT2D eigenvalue weighted by molar-refractivity contribution is 7.79. The Morgan fingerprint density at radius 1 is 1.26 bits per heavy atom. The molecule has 0 saturated carbocycles. The van der Waals surface area contributed by atoms with Crippen LogP contribution in [0.25, 0.3) is 11.3 Å². The fourth-order valence-corrected chi connectivity index (χ4v) is 2.17. The minimum Gasteiger partial charge on any atom is -0.267 e. The van der Waals surface area contributed by atoms with Crippen LogP contribution in [0.3, 0.4) is 0 Å². The van der Waals surface area contributed by atoms with Crippen LogP contribution in [0.4, 0.5) is 0 Å². The fourth-order valence-electron chi connectivity index (χ4n) is 1.94. The van der Waals surface area contributed by atoms with E-state index in [1.807, 2.05) is 44.2 Å². The van der Waals surface area contributed by atoms with Gasteiger partial charge in [-0.3, -0.25) is 4.79 Å². The van der Waals surface area contributed by atoms with Crippen molar-refractivity contribution in [1.82, 2.24) is 9.78 Å². The molecule has 2 aromatic rings. The Bertz CT molecular complexity index is 617. The van der Waals surface area contributed by atoms with Crippen molar-refractivity contribution in [1.29, 1.82) is 0 Å². The summed E-state index contributed by atoms with van der Waals surface area (Å²) < 4.78 is 1.54. The van der Waals surface area contributed by atoms with E-state index in [-0.39, 0.29) is 5.56 Å². The molecule has 0 fully saturated rings. The van der Waals surface area contributed by atoms with Gasteiger partial charge in [0, 0.05) is 23.4 Å². The molecular weight excluding hydrogens is 256 g/mol. The van der Waals surface area contributed by atoms with Gasteiger partial charge >= 0.3 is 0 Å². The van der Waals surface area contributed by atoms with Gasteiger partial charge in [-0.25, -0.2) is 4.68 Å². The Morgan fingerprint density at radius 3 is 2.53 bits per heavy atom. The maximum absolute atomic E-state index is 12.1. The molecule has 0 unspecified atom stereocenters. The lowest BCUT2D eigenvalue weighted by molar-refractivity contribution is 0.567. The molecule has 4 heteroatoms. The molecule has 3 nitrogen and oxygen atoms in total. The first kappa shape index (κ1) is 13.9. The van der Waals surface area contributed by atoms with Gasteiger partial charge in [-0.2, -0.15) is 17.7 Å². The van der Waals surface area contributed by atoms with Crippen molar-refractivity contribution < 1.29 is 0 Å². The Balaban J connectivity index is 2.54. The van der Waals surface area contributed by atoms with Crippen LogP contribution in [0.1, 0.15) is 24.5 Å². The number of aromatic nitrogens is 2. The first-order chi connectivity index (χ1) is 9.15. The average molecular weight is 274 g/mol. The molecule has 19 heavy (non-hydrogen) atoms. The number of rotatable bonds is 4. The molecule has 1 aromatic heterocycles. The number of hydrogen-bond donors (Lipinski definition) is 1.